The lowest BCUT2D eigenvalue weighted by atomic mass is 10.2. The van der Waals surface area contributed by atoms with Gasteiger partial charge in [-0.1, -0.05) is 6.07 Å². The number of hydrogen-bond donors (Lipinski definition) is 0. The molecule has 0 aliphatic carbocycles. The predicted octanol–water partition coefficient (Wildman–Crippen LogP) is 1.86. The minimum atomic E-state index is 0.286. The average molecular weight is 287 g/mol. The average Bonchev–Trinajstić information content (AvgIpc) is 3.00. The van der Waals surface area contributed by atoms with Gasteiger partial charge in [0.2, 0.25) is 12.7 Å². The normalized spacial score (nSPS) is 12.4. The molecule has 2 heterocycles. The van der Waals surface area contributed by atoms with Gasteiger partial charge in [-0.2, -0.15) is 0 Å². The number of methoxy groups -OCH3 is 1. The summed E-state index contributed by atoms with van der Waals surface area (Å²) >= 11 is 0. The Morgan fingerprint density at radius 2 is 2.00 bits per heavy atom. The summed E-state index contributed by atoms with van der Waals surface area (Å²) in [6, 6.07) is 7.75. The van der Waals surface area contributed by atoms with Gasteiger partial charge in [0, 0.05) is 32.6 Å². The first-order valence-corrected chi connectivity index (χ1v) is 6.76. The van der Waals surface area contributed by atoms with Gasteiger partial charge in [-0.25, -0.2) is 9.97 Å². The molecule has 0 atom stereocenters. The Bertz CT molecular complexity index is 592. The van der Waals surface area contributed by atoms with Gasteiger partial charge < -0.3 is 19.1 Å². The molecule has 0 amide bonds. The van der Waals surface area contributed by atoms with Gasteiger partial charge in [-0.3, -0.25) is 0 Å². The number of hydrogen-bond acceptors (Lipinski definition) is 6. The summed E-state index contributed by atoms with van der Waals surface area (Å²) in [5, 5.41) is 0. The van der Waals surface area contributed by atoms with E-state index in [0.717, 1.165) is 23.6 Å². The fraction of sp³-hybridized carbons (Fsp3) is 0.333. The summed E-state index contributed by atoms with van der Waals surface area (Å²) in [5.74, 6) is 2.26. The van der Waals surface area contributed by atoms with E-state index in [9.17, 15) is 0 Å². The Hall–Kier alpha value is -2.34. The second kappa shape index (κ2) is 6.41. The monoisotopic (exact) mass is 287 g/mol. The molecule has 6 heteroatoms. The van der Waals surface area contributed by atoms with Crippen molar-refractivity contribution in [2.24, 2.45) is 0 Å². The van der Waals surface area contributed by atoms with Crippen molar-refractivity contribution in [3.63, 3.8) is 0 Å². The topological polar surface area (TPSA) is 56.7 Å². The number of anilines is 1. The van der Waals surface area contributed by atoms with Crippen LogP contribution >= 0.6 is 0 Å². The van der Waals surface area contributed by atoms with Gasteiger partial charge in [0.15, 0.2) is 11.5 Å². The SMILES string of the molecule is COCCN(Cc1ccc2c(c1)OCO2)c1ncccn1. The molecule has 0 fully saturated rings. The van der Waals surface area contributed by atoms with Crippen molar-refractivity contribution < 1.29 is 14.2 Å². The Balaban J connectivity index is 1.77. The first-order chi connectivity index (χ1) is 10.4. The fourth-order valence-corrected chi connectivity index (χ4v) is 2.17. The van der Waals surface area contributed by atoms with Crippen molar-refractivity contribution in [3.8, 4) is 11.5 Å². The zero-order valence-electron chi connectivity index (χ0n) is 11.9. The van der Waals surface area contributed by atoms with Gasteiger partial charge in [-0.05, 0) is 23.8 Å². The van der Waals surface area contributed by atoms with Gasteiger partial charge in [0.1, 0.15) is 0 Å². The summed E-state index contributed by atoms with van der Waals surface area (Å²) in [7, 11) is 1.69. The zero-order chi connectivity index (χ0) is 14.5. The number of rotatable bonds is 6. The molecule has 0 radical (unpaired) electrons. The summed E-state index contributed by atoms with van der Waals surface area (Å²) in [6.07, 6.45) is 3.48. The van der Waals surface area contributed by atoms with E-state index < -0.39 is 0 Å². The van der Waals surface area contributed by atoms with E-state index in [-0.39, 0.29) is 6.79 Å². The molecule has 1 aliphatic heterocycles. The lowest BCUT2D eigenvalue weighted by Crippen LogP contribution is -2.28. The van der Waals surface area contributed by atoms with Crippen LogP contribution < -0.4 is 14.4 Å². The highest BCUT2D eigenvalue weighted by Gasteiger charge is 2.15. The van der Waals surface area contributed by atoms with Crippen LogP contribution in [0.1, 0.15) is 5.56 Å². The third kappa shape index (κ3) is 3.22. The van der Waals surface area contributed by atoms with E-state index >= 15 is 0 Å². The highest BCUT2D eigenvalue weighted by Crippen LogP contribution is 2.32. The molecule has 1 aromatic heterocycles. The number of aromatic nitrogens is 2. The molecule has 0 spiro atoms. The molecule has 1 aliphatic rings. The molecule has 1 aromatic carbocycles. The van der Waals surface area contributed by atoms with Crippen LogP contribution in [-0.4, -0.2) is 37.0 Å². The largest absolute Gasteiger partial charge is 0.454 e. The summed E-state index contributed by atoms with van der Waals surface area (Å²) in [4.78, 5) is 10.7. The minimum absolute atomic E-state index is 0.286. The van der Waals surface area contributed by atoms with Crippen molar-refractivity contribution in [1.29, 1.82) is 0 Å². The quantitative estimate of drug-likeness (QED) is 0.808. The first-order valence-electron chi connectivity index (χ1n) is 6.76. The van der Waals surface area contributed by atoms with Gasteiger partial charge in [0.05, 0.1) is 6.61 Å². The molecule has 0 bridgehead atoms. The van der Waals surface area contributed by atoms with Crippen LogP contribution in [0.2, 0.25) is 0 Å². The Morgan fingerprint density at radius 1 is 1.19 bits per heavy atom. The highest BCUT2D eigenvalue weighted by atomic mass is 16.7. The van der Waals surface area contributed by atoms with E-state index in [1.807, 2.05) is 18.2 Å². The molecule has 0 unspecified atom stereocenters. The molecule has 2 aromatic rings. The van der Waals surface area contributed by atoms with Crippen molar-refractivity contribution in [3.05, 3.63) is 42.2 Å². The van der Waals surface area contributed by atoms with Crippen LogP contribution in [-0.2, 0) is 11.3 Å². The zero-order valence-corrected chi connectivity index (χ0v) is 11.9. The molecular formula is C15H17N3O3. The summed E-state index contributed by atoms with van der Waals surface area (Å²) in [5.41, 5.74) is 1.11. The number of benzene rings is 1. The van der Waals surface area contributed by atoms with Gasteiger partial charge in [0.25, 0.3) is 0 Å². The lowest BCUT2D eigenvalue weighted by Gasteiger charge is -2.22. The first kappa shape index (κ1) is 13.6. The van der Waals surface area contributed by atoms with Crippen molar-refractivity contribution in [2.75, 3.05) is 32.0 Å². The second-order valence-corrected chi connectivity index (χ2v) is 4.65. The van der Waals surface area contributed by atoms with E-state index in [0.29, 0.717) is 19.1 Å². The number of fused-ring (bicyclic) bond motifs is 1. The van der Waals surface area contributed by atoms with Crippen molar-refractivity contribution in [1.82, 2.24) is 9.97 Å². The van der Waals surface area contributed by atoms with Crippen molar-refractivity contribution >= 4 is 5.95 Å². The molecule has 0 N–H and O–H groups in total. The Labute approximate surface area is 123 Å². The van der Waals surface area contributed by atoms with E-state index in [1.54, 1.807) is 25.6 Å². The smallest absolute Gasteiger partial charge is 0.231 e. The van der Waals surface area contributed by atoms with Crippen molar-refractivity contribution in [2.45, 2.75) is 6.54 Å². The van der Waals surface area contributed by atoms with Crippen LogP contribution in [0.25, 0.3) is 0 Å². The van der Waals surface area contributed by atoms with Crippen LogP contribution in [0, 0.1) is 0 Å². The predicted molar refractivity (Wildman–Crippen MR) is 77.5 cm³/mol. The maximum atomic E-state index is 5.41. The highest BCUT2D eigenvalue weighted by molar-refractivity contribution is 5.45. The van der Waals surface area contributed by atoms with Gasteiger partial charge in [-0.15, -0.1) is 0 Å². The summed E-state index contributed by atoms with van der Waals surface area (Å²) in [6.45, 7) is 2.30. The van der Waals surface area contributed by atoms with Crippen LogP contribution in [0.5, 0.6) is 11.5 Å². The second-order valence-electron chi connectivity index (χ2n) is 4.65. The standard InChI is InChI=1S/C15H17N3O3/c1-19-8-7-18(15-16-5-2-6-17-15)10-12-3-4-13-14(9-12)21-11-20-13/h2-6,9H,7-8,10-11H2,1H3. The Morgan fingerprint density at radius 3 is 2.81 bits per heavy atom. The molecule has 6 nitrogen and oxygen atoms in total. The summed E-state index contributed by atoms with van der Waals surface area (Å²) < 4.78 is 15.9. The molecule has 110 valence electrons. The van der Waals surface area contributed by atoms with Crippen LogP contribution in [0.3, 0.4) is 0 Å². The van der Waals surface area contributed by atoms with Crippen LogP contribution in [0.4, 0.5) is 5.95 Å². The number of nitrogens with zero attached hydrogens (tertiary/aromatic N) is 3. The number of ether oxygens (including phenoxy) is 3. The Kier molecular flexibility index (Phi) is 4.16. The van der Waals surface area contributed by atoms with Gasteiger partial charge >= 0.3 is 0 Å². The van der Waals surface area contributed by atoms with E-state index in [1.165, 1.54) is 0 Å². The minimum Gasteiger partial charge on any atom is -0.454 e. The van der Waals surface area contributed by atoms with E-state index in [4.69, 9.17) is 14.2 Å². The fourth-order valence-electron chi connectivity index (χ4n) is 2.17. The molecular weight excluding hydrogens is 270 g/mol. The molecule has 0 saturated carbocycles. The molecule has 3 rings (SSSR count). The molecule has 0 saturated heterocycles. The third-order valence-corrected chi connectivity index (χ3v) is 3.21. The van der Waals surface area contributed by atoms with E-state index in [2.05, 4.69) is 14.9 Å². The molecule has 21 heavy (non-hydrogen) atoms. The third-order valence-electron chi connectivity index (χ3n) is 3.21. The van der Waals surface area contributed by atoms with Crippen LogP contribution in [0.15, 0.2) is 36.7 Å². The maximum absolute atomic E-state index is 5.41. The lowest BCUT2D eigenvalue weighted by molar-refractivity contribution is 0.174. The maximum Gasteiger partial charge on any atom is 0.231 e.